The Morgan fingerprint density at radius 3 is 2.34 bits per heavy atom. The molecule has 168 valence electrons. The Hall–Kier alpha value is -3.23. The largest absolute Gasteiger partial charge is 0.462 e. The first-order valence-corrected chi connectivity index (χ1v) is 11.9. The Bertz CT molecular complexity index is 1210. The minimum Gasteiger partial charge on any atom is -0.462 e. The van der Waals surface area contributed by atoms with E-state index in [4.69, 9.17) is 4.74 Å². The summed E-state index contributed by atoms with van der Waals surface area (Å²) in [6.45, 7) is 3.84. The van der Waals surface area contributed by atoms with Crippen molar-refractivity contribution in [3.8, 4) is 0 Å². The van der Waals surface area contributed by atoms with Gasteiger partial charge in [-0.1, -0.05) is 43.7 Å². The highest BCUT2D eigenvalue weighted by Gasteiger charge is 2.22. The van der Waals surface area contributed by atoms with Crippen LogP contribution >= 0.6 is 0 Å². The molecule has 1 atom stereocenters. The van der Waals surface area contributed by atoms with E-state index in [2.05, 4.69) is 10.0 Å². The van der Waals surface area contributed by atoms with Gasteiger partial charge < -0.3 is 10.1 Å². The fourth-order valence-electron chi connectivity index (χ4n) is 3.02. The Morgan fingerprint density at radius 2 is 1.66 bits per heavy atom. The highest BCUT2D eigenvalue weighted by molar-refractivity contribution is 7.89. The molecule has 0 aromatic heterocycles. The van der Waals surface area contributed by atoms with Gasteiger partial charge in [0.25, 0.3) is 0 Å². The summed E-state index contributed by atoms with van der Waals surface area (Å²) < 4.78 is 33.0. The summed E-state index contributed by atoms with van der Waals surface area (Å²) >= 11 is 0. The number of unbranched alkanes of at least 4 members (excludes halogenated alkanes) is 1. The van der Waals surface area contributed by atoms with Gasteiger partial charge in [-0.3, -0.25) is 4.79 Å². The highest BCUT2D eigenvalue weighted by atomic mass is 32.2. The Kier molecular flexibility index (Phi) is 7.61. The number of sulfonamides is 1. The van der Waals surface area contributed by atoms with Crippen LogP contribution in [0.25, 0.3) is 10.8 Å². The summed E-state index contributed by atoms with van der Waals surface area (Å²) in [6, 6.07) is 17.5. The monoisotopic (exact) mass is 454 g/mol. The SMILES string of the molecule is CCCCOC(=O)c1ccc(NC(=O)[C@H](C)NS(=O)(=O)c2ccc3ccccc3c2)cc1. The third-order valence-corrected chi connectivity index (χ3v) is 6.41. The third-order valence-electron chi connectivity index (χ3n) is 4.88. The summed E-state index contributed by atoms with van der Waals surface area (Å²) in [5.41, 5.74) is 0.820. The van der Waals surface area contributed by atoms with Crippen LogP contribution in [0.4, 0.5) is 5.69 Å². The van der Waals surface area contributed by atoms with Gasteiger partial charge in [0.15, 0.2) is 0 Å². The average Bonchev–Trinajstić information content (AvgIpc) is 2.79. The summed E-state index contributed by atoms with van der Waals surface area (Å²) in [5.74, 6) is -0.944. The maximum absolute atomic E-state index is 12.7. The molecule has 0 unspecified atom stereocenters. The van der Waals surface area contributed by atoms with E-state index in [0.717, 1.165) is 23.6 Å². The molecule has 3 aromatic rings. The van der Waals surface area contributed by atoms with E-state index in [9.17, 15) is 18.0 Å². The van der Waals surface area contributed by atoms with Crippen molar-refractivity contribution in [3.05, 3.63) is 72.3 Å². The molecule has 3 rings (SSSR count). The lowest BCUT2D eigenvalue weighted by atomic mass is 10.1. The third kappa shape index (κ3) is 5.93. The van der Waals surface area contributed by atoms with E-state index in [1.165, 1.54) is 13.0 Å². The van der Waals surface area contributed by atoms with E-state index in [-0.39, 0.29) is 4.90 Å². The first-order valence-electron chi connectivity index (χ1n) is 10.4. The van der Waals surface area contributed by atoms with Gasteiger partial charge in [0.1, 0.15) is 0 Å². The fraction of sp³-hybridized carbons (Fsp3) is 0.250. The van der Waals surface area contributed by atoms with Crippen LogP contribution in [0.15, 0.2) is 71.6 Å². The number of rotatable bonds is 9. The number of hydrogen-bond donors (Lipinski definition) is 2. The fourth-order valence-corrected chi connectivity index (χ4v) is 4.26. The molecule has 0 heterocycles. The molecule has 3 aromatic carbocycles. The summed E-state index contributed by atoms with van der Waals surface area (Å²) in [4.78, 5) is 24.5. The lowest BCUT2D eigenvalue weighted by molar-refractivity contribution is -0.117. The number of fused-ring (bicyclic) bond motifs is 1. The van der Waals surface area contributed by atoms with Gasteiger partial charge in [-0.2, -0.15) is 4.72 Å². The molecule has 0 aliphatic heterocycles. The summed E-state index contributed by atoms with van der Waals surface area (Å²) in [5, 5.41) is 4.36. The smallest absolute Gasteiger partial charge is 0.338 e. The van der Waals surface area contributed by atoms with Gasteiger partial charge in [-0.05, 0) is 60.5 Å². The lowest BCUT2D eigenvalue weighted by Gasteiger charge is -2.15. The molecule has 0 radical (unpaired) electrons. The molecule has 32 heavy (non-hydrogen) atoms. The van der Waals surface area contributed by atoms with Crippen molar-refractivity contribution in [1.29, 1.82) is 0 Å². The number of amides is 1. The van der Waals surface area contributed by atoms with Crippen LogP contribution in [-0.4, -0.2) is 32.9 Å². The second-order valence-electron chi connectivity index (χ2n) is 7.41. The van der Waals surface area contributed by atoms with Crippen LogP contribution in [0.1, 0.15) is 37.0 Å². The molecule has 0 aliphatic carbocycles. The number of anilines is 1. The van der Waals surface area contributed by atoms with Crippen LogP contribution in [0.2, 0.25) is 0 Å². The predicted molar refractivity (Wildman–Crippen MR) is 124 cm³/mol. The van der Waals surface area contributed by atoms with Crippen LogP contribution in [-0.2, 0) is 19.6 Å². The maximum Gasteiger partial charge on any atom is 0.338 e. The van der Waals surface area contributed by atoms with E-state index in [1.54, 1.807) is 36.4 Å². The van der Waals surface area contributed by atoms with Crippen molar-refractivity contribution in [3.63, 3.8) is 0 Å². The number of ether oxygens (including phenoxy) is 1. The number of carbonyl (C=O) groups excluding carboxylic acids is 2. The van der Waals surface area contributed by atoms with Crippen molar-refractivity contribution in [2.75, 3.05) is 11.9 Å². The second kappa shape index (κ2) is 10.4. The average molecular weight is 455 g/mol. The number of esters is 1. The minimum absolute atomic E-state index is 0.0850. The van der Waals surface area contributed by atoms with Crippen LogP contribution in [0.3, 0.4) is 0 Å². The summed E-state index contributed by atoms with van der Waals surface area (Å²) in [7, 11) is -3.89. The zero-order chi connectivity index (χ0) is 23.1. The first kappa shape index (κ1) is 23.4. The maximum atomic E-state index is 12.7. The molecule has 2 N–H and O–H groups in total. The van der Waals surface area contributed by atoms with Crippen LogP contribution in [0, 0.1) is 0 Å². The zero-order valence-electron chi connectivity index (χ0n) is 18.0. The standard InChI is InChI=1S/C24H26N2O5S/c1-3-4-15-31-24(28)19-9-12-21(13-10-19)25-23(27)17(2)26-32(29,30)22-14-11-18-7-5-6-8-20(18)16-22/h5-14,16-17,26H,3-4,15H2,1-2H3,(H,25,27)/t17-/m0/s1. The van der Waals surface area contributed by atoms with Crippen molar-refractivity contribution >= 4 is 38.4 Å². The summed E-state index contributed by atoms with van der Waals surface area (Å²) in [6.07, 6.45) is 1.73. The van der Waals surface area contributed by atoms with Gasteiger partial charge in [0.05, 0.1) is 23.1 Å². The second-order valence-corrected chi connectivity index (χ2v) is 9.12. The highest BCUT2D eigenvalue weighted by Crippen LogP contribution is 2.19. The number of hydrogen-bond acceptors (Lipinski definition) is 5. The lowest BCUT2D eigenvalue weighted by Crippen LogP contribution is -2.41. The van der Waals surface area contributed by atoms with Gasteiger partial charge in [0, 0.05) is 5.69 Å². The Balaban J connectivity index is 1.61. The minimum atomic E-state index is -3.89. The van der Waals surface area contributed by atoms with Gasteiger partial charge in [0.2, 0.25) is 15.9 Å². The first-order chi connectivity index (χ1) is 15.3. The van der Waals surface area contributed by atoms with Gasteiger partial charge in [-0.15, -0.1) is 0 Å². The predicted octanol–water partition coefficient (Wildman–Crippen LogP) is 4.10. The molecule has 0 saturated heterocycles. The van der Waals surface area contributed by atoms with Crippen molar-refractivity contribution in [2.45, 2.75) is 37.6 Å². The normalized spacial score (nSPS) is 12.3. The Labute approximate surface area is 187 Å². The zero-order valence-corrected chi connectivity index (χ0v) is 18.8. The van der Waals surface area contributed by atoms with E-state index in [0.29, 0.717) is 17.9 Å². The molecule has 0 saturated carbocycles. The van der Waals surface area contributed by atoms with E-state index < -0.39 is 27.9 Å². The molecule has 0 bridgehead atoms. The van der Waals surface area contributed by atoms with Crippen molar-refractivity contribution < 1.29 is 22.7 Å². The number of nitrogens with one attached hydrogen (secondary N) is 2. The van der Waals surface area contributed by atoms with Gasteiger partial charge >= 0.3 is 5.97 Å². The number of carbonyl (C=O) groups is 2. The van der Waals surface area contributed by atoms with Crippen molar-refractivity contribution in [1.82, 2.24) is 4.72 Å². The molecular weight excluding hydrogens is 428 g/mol. The molecule has 0 aliphatic rings. The molecular formula is C24H26N2O5S. The molecule has 0 fully saturated rings. The molecule has 7 nitrogen and oxygen atoms in total. The van der Waals surface area contributed by atoms with Gasteiger partial charge in [-0.25, -0.2) is 13.2 Å². The Morgan fingerprint density at radius 1 is 0.969 bits per heavy atom. The van der Waals surface area contributed by atoms with E-state index >= 15 is 0 Å². The van der Waals surface area contributed by atoms with Crippen molar-refractivity contribution in [2.24, 2.45) is 0 Å². The molecule has 8 heteroatoms. The van der Waals surface area contributed by atoms with Crippen LogP contribution < -0.4 is 10.0 Å². The molecule has 0 spiro atoms. The topological polar surface area (TPSA) is 102 Å². The quantitative estimate of drug-likeness (QED) is 0.374. The van der Waals surface area contributed by atoms with Crippen LogP contribution in [0.5, 0.6) is 0 Å². The molecule has 1 amide bonds. The van der Waals surface area contributed by atoms with E-state index in [1.807, 2.05) is 31.2 Å². The number of benzene rings is 3.